The number of rotatable bonds is 6. The lowest BCUT2D eigenvalue weighted by molar-refractivity contribution is -0.155. The van der Waals surface area contributed by atoms with Crippen molar-refractivity contribution in [2.75, 3.05) is 0 Å². The number of nitrogens with zero attached hydrogens (tertiary/aromatic N) is 1. The number of benzene rings is 1. The molecular weight excluding hydrogens is 397 g/mol. The van der Waals surface area contributed by atoms with Crippen molar-refractivity contribution in [2.24, 2.45) is 0 Å². The highest BCUT2D eigenvalue weighted by Crippen LogP contribution is 2.26. The lowest BCUT2D eigenvalue weighted by Crippen LogP contribution is -2.39. The highest BCUT2D eigenvalue weighted by atomic mass is 35.5. The van der Waals surface area contributed by atoms with Crippen molar-refractivity contribution in [1.82, 2.24) is 14.9 Å². The van der Waals surface area contributed by atoms with Crippen LogP contribution in [0.1, 0.15) is 25.5 Å². The molecule has 0 saturated heterocycles. The normalized spacial score (nSPS) is 12.9. The maximum Gasteiger partial charge on any atom is 0.328 e. The van der Waals surface area contributed by atoms with Gasteiger partial charge in [-0.25, -0.2) is 4.79 Å². The van der Waals surface area contributed by atoms with Gasteiger partial charge < -0.3 is 10.1 Å². The van der Waals surface area contributed by atoms with Crippen molar-refractivity contribution in [3.05, 3.63) is 66.9 Å². The molecule has 0 aliphatic carbocycles. The van der Waals surface area contributed by atoms with Crippen molar-refractivity contribution in [2.45, 2.75) is 32.5 Å². The number of amides is 1. The van der Waals surface area contributed by atoms with Gasteiger partial charge in [0.1, 0.15) is 6.54 Å². The molecule has 0 spiro atoms. The number of esters is 1. The molecule has 2 atom stereocenters. The Morgan fingerprint density at radius 2 is 1.93 bits per heavy atom. The molecule has 144 valence electrons. The third-order valence-electron chi connectivity index (χ3n) is 3.66. The Morgan fingerprint density at radius 3 is 2.56 bits per heavy atom. The van der Waals surface area contributed by atoms with Gasteiger partial charge in [0.05, 0.1) is 6.04 Å². The predicted octanol–water partition coefficient (Wildman–Crippen LogP) is 1.65. The zero-order valence-corrected chi connectivity index (χ0v) is 16.0. The van der Waals surface area contributed by atoms with Gasteiger partial charge in [0.2, 0.25) is 0 Å². The second kappa shape index (κ2) is 8.88. The standard InChI is InChI=1S/C17H17Cl2N3O5/c1-9(12-4-3-11(18)7-13(12)19)20-16(25)10(2)27-15(24)8-22-6-5-14(23)21-17(22)26/h3-7,9-10H,8H2,1-2H3,(H,20,25)(H,21,23,26)/t9-,10+/m1/s1. The number of ether oxygens (including phenoxy) is 1. The molecule has 27 heavy (non-hydrogen) atoms. The quantitative estimate of drug-likeness (QED) is 0.699. The third-order valence-corrected chi connectivity index (χ3v) is 4.22. The fourth-order valence-electron chi connectivity index (χ4n) is 2.26. The van der Waals surface area contributed by atoms with E-state index in [0.717, 1.165) is 16.8 Å². The molecule has 1 aromatic heterocycles. The maximum absolute atomic E-state index is 12.2. The minimum absolute atomic E-state index is 0.400. The third kappa shape index (κ3) is 5.70. The van der Waals surface area contributed by atoms with Gasteiger partial charge in [0.15, 0.2) is 6.10 Å². The Bertz CT molecular complexity index is 970. The summed E-state index contributed by atoms with van der Waals surface area (Å²) in [4.78, 5) is 48.7. The predicted molar refractivity (Wildman–Crippen MR) is 99.9 cm³/mol. The molecule has 0 radical (unpaired) electrons. The Morgan fingerprint density at radius 1 is 1.22 bits per heavy atom. The van der Waals surface area contributed by atoms with Crippen LogP contribution in [0.4, 0.5) is 0 Å². The molecule has 2 N–H and O–H groups in total. The molecule has 0 fully saturated rings. The first-order valence-electron chi connectivity index (χ1n) is 7.92. The molecule has 1 aromatic carbocycles. The lowest BCUT2D eigenvalue weighted by Gasteiger charge is -2.19. The summed E-state index contributed by atoms with van der Waals surface area (Å²) in [6, 6.07) is 5.56. The molecule has 0 unspecified atom stereocenters. The fraction of sp³-hybridized carbons (Fsp3) is 0.294. The summed E-state index contributed by atoms with van der Waals surface area (Å²) in [6.07, 6.45) is 0.0714. The lowest BCUT2D eigenvalue weighted by atomic mass is 10.1. The van der Waals surface area contributed by atoms with Crippen LogP contribution in [0.25, 0.3) is 0 Å². The van der Waals surface area contributed by atoms with Crippen LogP contribution in [-0.2, 0) is 20.9 Å². The van der Waals surface area contributed by atoms with Crippen LogP contribution in [0.2, 0.25) is 10.0 Å². The van der Waals surface area contributed by atoms with Crippen molar-refractivity contribution in [3.63, 3.8) is 0 Å². The van der Waals surface area contributed by atoms with Crippen LogP contribution in [0.3, 0.4) is 0 Å². The van der Waals surface area contributed by atoms with E-state index in [4.69, 9.17) is 27.9 Å². The number of hydrogen-bond donors (Lipinski definition) is 2. The van der Waals surface area contributed by atoms with Crippen molar-refractivity contribution >= 4 is 35.1 Å². The summed E-state index contributed by atoms with van der Waals surface area (Å²) in [5.41, 5.74) is -0.664. The summed E-state index contributed by atoms with van der Waals surface area (Å²) >= 11 is 12.0. The number of carbonyl (C=O) groups is 2. The second-order valence-corrected chi connectivity index (χ2v) is 6.61. The molecule has 0 bridgehead atoms. The Kier molecular flexibility index (Phi) is 6.81. The largest absolute Gasteiger partial charge is 0.451 e. The first-order valence-corrected chi connectivity index (χ1v) is 8.67. The summed E-state index contributed by atoms with van der Waals surface area (Å²) < 4.78 is 5.99. The van der Waals surface area contributed by atoms with Gasteiger partial charge in [0, 0.05) is 22.3 Å². The van der Waals surface area contributed by atoms with E-state index >= 15 is 0 Å². The van der Waals surface area contributed by atoms with E-state index in [-0.39, 0.29) is 0 Å². The van der Waals surface area contributed by atoms with Crippen molar-refractivity contribution in [3.8, 4) is 0 Å². The summed E-state index contributed by atoms with van der Waals surface area (Å²) in [7, 11) is 0. The average Bonchev–Trinajstić information content (AvgIpc) is 2.57. The highest BCUT2D eigenvalue weighted by molar-refractivity contribution is 6.35. The number of halogens is 2. The zero-order valence-electron chi connectivity index (χ0n) is 14.5. The van der Waals surface area contributed by atoms with E-state index in [1.54, 1.807) is 25.1 Å². The number of nitrogens with one attached hydrogen (secondary N) is 2. The highest BCUT2D eigenvalue weighted by Gasteiger charge is 2.21. The summed E-state index contributed by atoms with van der Waals surface area (Å²) in [5, 5.41) is 3.56. The van der Waals surface area contributed by atoms with E-state index in [2.05, 4.69) is 5.32 Å². The van der Waals surface area contributed by atoms with Crippen LogP contribution in [0.5, 0.6) is 0 Å². The maximum atomic E-state index is 12.2. The topological polar surface area (TPSA) is 110 Å². The molecule has 1 amide bonds. The number of H-pyrrole nitrogens is 1. The van der Waals surface area contributed by atoms with E-state index in [1.807, 2.05) is 4.98 Å². The Balaban J connectivity index is 1.95. The molecule has 0 aliphatic heterocycles. The van der Waals surface area contributed by atoms with E-state index in [1.165, 1.54) is 6.92 Å². The minimum atomic E-state index is -1.09. The van der Waals surface area contributed by atoms with Gasteiger partial charge >= 0.3 is 11.7 Å². The SMILES string of the molecule is C[C@H](OC(=O)Cn1ccc(=O)[nH]c1=O)C(=O)N[C@H](C)c1ccc(Cl)cc1Cl. The van der Waals surface area contributed by atoms with Crippen LogP contribution >= 0.6 is 23.2 Å². The van der Waals surface area contributed by atoms with Crippen LogP contribution in [-0.4, -0.2) is 27.5 Å². The first kappa shape index (κ1) is 20.7. The van der Waals surface area contributed by atoms with Crippen LogP contribution in [0.15, 0.2) is 40.1 Å². The number of hydrogen-bond acceptors (Lipinski definition) is 5. The van der Waals surface area contributed by atoms with Crippen LogP contribution in [0, 0.1) is 0 Å². The Labute approximate surface area is 164 Å². The second-order valence-electron chi connectivity index (χ2n) is 5.77. The number of carbonyl (C=O) groups excluding carboxylic acids is 2. The molecule has 8 nitrogen and oxygen atoms in total. The van der Waals surface area contributed by atoms with Gasteiger partial charge in [-0.15, -0.1) is 0 Å². The van der Waals surface area contributed by atoms with Crippen molar-refractivity contribution < 1.29 is 14.3 Å². The molecule has 10 heteroatoms. The average molecular weight is 414 g/mol. The van der Waals surface area contributed by atoms with Gasteiger partial charge in [-0.1, -0.05) is 29.3 Å². The fourth-order valence-corrected chi connectivity index (χ4v) is 2.83. The first-order chi connectivity index (χ1) is 12.7. The monoisotopic (exact) mass is 413 g/mol. The van der Waals surface area contributed by atoms with Gasteiger partial charge in [-0.2, -0.15) is 0 Å². The van der Waals surface area contributed by atoms with E-state index in [0.29, 0.717) is 15.6 Å². The molecule has 1 heterocycles. The van der Waals surface area contributed by atoms with Gasteiger partial charge in [-0.3, -0.25) is 23.9 Å². The van der Waals surface area contributed by atoms with Crippen molar-refractivity contribution in [1.29, 1.82) is 0 Å². The van der Waals surface area contributed by atoms with Crippen LogP contribution < -0.4 is 16.6 Å². The zero-order chi connectivity index (χ0) is 20.1. The van der Waals surface area contributed by atoms with Gasteiger partial charge in [0.25, 0.3) is 11.5 Å². The van der Waals surface area contributed by atoms with Gasteiger partial charge in [-0.05, 0) is 31.5 Å². The summed E-state index contributed by atoms with van der Waals surface area (Å²) in [5.74, 6) is -1.33. The minimum Gasteiger partial charge on any atom is -0.451 e. The van der Waals surface area contributed by atoms with E-state index in [9.17, 15) is 19.2 Å². The Hall–Kier alpha value is -2.58. The summed E-state index contributed by atoms with van der Waals surface area (Å²) in [6.45, 7) is 2.69. The smallest absolute Gasteiger partial charge is 0.328 e. The molecule has 2 rings (SSSR count). The number of aromatic amines is 1. The number of aromatic nitrogens is 2. The molecule has 0 saturated carbocycles. The molecule has 2 aromatic rings. The molecular formula is C17H17Cl2N3O5. The van der Waals surface area contributed by atoms with E-state index < -0.39 is 41.8 Å². The molecule has 0 aliphatic rings.